The van der Waals surface area contributed by atoms with Crippen molar-refractivity contribution >= 4 is 11.3 Å². The molecule has 0 saturated heterocycles. The second-order valence-electron chi connectivity index (χ2n) is 5.52. The Morgan fingerprint density at radius 3 is 2.58 bits per heavy atom. The molecule has 1 aromatic carbocycles. The number of aryl methyl sites for hydroxylation is 1. The van der Waals surface area contributed by atoms with Crippen molar-refractivity contribution < 1.29 is 4.74 Å². The molecule has 0 unspecified atom stereocenters. The van der Waals surface area contributed by atoms with Crippen molar-refractivity contribution in [1.29, 1.82) is 0 Å². The highest BCUT2D eigenvalue weighted by Crippen LogP contribution is 2.35. The normalized spacial score (nSPS) is 11.6. The summed E-state index contributed by atoms with van der Waals surface area (Å²) in [5, 5.41) is 9.27. The summed E-state index contributed by atoms with van der Waals surface area (Å²) in [4.78, 5) is 0. The maximum atomic E-state index is 5.86. The van der Waals surface area contributed by atoms with Crippen LogP contribution in [0.25, 0.3) is 0 Å². The first-order valence-electron chi connectivity index (χ1n) is 6.21. The Balaban J connectivity index is 2.34. The summed E-state index contributed by atoms with van der Waals surface area (Å²) >= 11 is 1.38. The zero-order valence-electron chi connectivity index (χ0n) is 11.7. The topological polar surface area (TPSA) is 61.0 Å². The molecule has 0 radical (unpaired) electrons. The number of aromatic nitrogens is 2. The minimum atomic E-state index is 0.0166. The van der Waals surface area contributed by atoms with Gasteiger partial charge in [-0.3, -0.25) is 0 Å². The highest BCUT2D eigenvalue weighted by Gasteiger charge is 2.20. The van der Waals surface area contributed by atoms with Crippen LogP contribution in [0.15, 0.2) is 18.2 Å². The maximum absolute atomic E-state index is 5.86. The summed E-state index contributed by atoms with van der Waals surface area (Å²) in [5.74, 6) is 0.831. The van der Waals surface area contributed by atoms with Crippen LogP contribution in [0.4, 0.5) is 0 Å². The van der Waals surface area contributed by atoms with Crippen molar-refractivity contribution in [2.75, 3.05) is 0 Å². The van der Waals surface area contributed by atoms with Crippen LogP contribution >= 0.6 is 11.3 Å². The van der Waals surface area contributed by atoms with E-state index in [4.69, 9.17) is 10.5 Å². The van der Waals surface area contributed by atoms with Crippen LogP contribution < -0.4 is 10.5 Å². The average Bonchev–Trinajstić information content (AvgIpc) is 2.78. The van der Waals surface area contributed by atoms with Crippen LogP contribution in [-0.2, 0) is 12.0 Å². The molecule has 5 heteroatoms. The summed E-state index contributed by atoms with van der Waals surface area (Å²) in [6.07, 6.45) is 0. The van der Waals surface area contributed by atoms with Gasteiger partial charge in [-0.15, -0.1) is 5.10 Å². The largest absolute Gasteiger partial charge is 0.429 e. The molecule has 19 heavy (non-hydrogen) atoms. The molecule has 2 N–H and O–H groups in total. The zero-order chi connectivity index (χ0) is 14.0. The van der Waals surface area contributed by atoms with Crippen molar-refractivity contribution in [3.05, 3.63) is 34.3 Å². The SMILES string of the molecule is Cc1ccc(Oc2nnc(CN)s2)c(C(C)(C)C)c1. The van der Waals surface area contributed by atoms with Gasteiger partial charge in [0.05, 0.1) is 0 Å². The first kappa shape index (κ1) is 14.0. The molecular weight excluding hydrogens is 258 g/mol. The minimum absolute atomic E-state index is 0.0166. The van der Waals surface area contributed by atoms with Gasteiger partial charge >= 0.3 is 0 Å². The quantitative estimate of drug-likeness (QED) is 0.934. The lowest BCUT2D eigenvalue weighted by molar-refractivity contribution is 0.448. The minimum Gasteiger partial charge on any atom is -0.429 e. The van der Waals surface area contributed by atoms with Crippen LogP contribution in [-0.4, -0.2) is 10.2 Å². The van der Waals surface area contributed by atoms with E-state index in [0.717, 1.165) is 16.3 Å². The fourth-order valence-electron chi connectivity index (χ4n) is 1.77. The second-order valence-corrected chi connectivity index (χ2v) is 6.54. The van der Waals surface area contributed by atoms with Gasteiger partial charge in [0.2, 0.25) is 0 Å². The number of hydrogen-bond donors (Lipinski definition) is 1. The van der Waals surface area contributed by atoms with Crippen LogP contribution in [0.5, 0.6) is 10.9 Å². The molecule has 2 aromatic rings. The Bertz CT molecular complexity index is 572. The fourth-order valence-corrected chi connectivity index (χ4v) is 2.35. The standard InChI is InChI=1S/C14H19N3OS/c1-9-5-6-11(10(7-9)14(2,3)4)18-13-17-16-12(8-15)19-13/h5-7H,8,15H2,1-4H3. The van der Waals surface area contributed by atoms with Crippen molar-refractivity contribution in [3.8, 4) is 10.9 Å². The second kappa shape index (κ2) is 5.27. The zero-order valence-corrected chi connectivity index (χ0v) is 12.5. The van der Waals surface area contributed by atoms with E-state index >= 15 is 0 Å². The molecule has 1 heterocycles. The lowest BCUT2D eigenvalue weighted by Gasteiger charge is -2.22. The molecular formula is C14H19N3OS. The molecule has 102 valence electrons. The molecule has 0 aliphatic carbocycles. The van der Waals surface area contributed by atoms with E-state index in [1.807, 2.05) is 12.1 Å². The number of ether oxygens (including phenoxy) is 1. The van der Waals surface area contributed by atoms with Crippen LogP contribution in [0.3, 0.4) is 0 Å². The Morgan fingerprint density at radius 2 is 2.00 bits per heavy atom. The molecule has 0 bridgehead atoms. The smallest absolute Gasteiger partial charge is 0.299 e. The first-order valence-corrected chi connectivity index (χ1v) is 7.03. The molecule has 4 nitrogen and oxygen atoms in total. The third kappa shape index (κ3) is 3.30. The first-order chi connectivity index (χ1) is 8.90. The lowest BCUT2D eigenvalue weighted by atomic mass is 9.85. The molecule has 0 amide bonds. The molecule has 0 saturated carbocycles. The monoisotopic (exact) mass is 277 g/mol. The van der Waals surface area contributed by atoms with Crippen molar-refractivity contribution in [1.82, 2.24) is 10.2 Å². The van der Waals surface area contributed by atoms with Crippen molar-refractivity contribution in [2.45, 2.75) is 39.7 Å². The van der Waals surface area contributed by atoms with Crippen LogP contribution in [0, 0.1) is 6.92 Å². The van der Waals surface area contributed by atoms with Gasteiger partial charge in [-0.2, -0.15) is 0 Å². The predicted molar refractivity (Wildman–Crippen MR) is 77.8 cm³/mol. The summed E-state index contributed by atoms with van der Waals surface area (Å²) in [7, 11) is 0. The molecule has 0 atom stereocenters. The summed E-state index contributed by atoms with van der Waals surface area (Å²) in [5.41, 5.74) is 7.93. The Hall–Kier alpha value is -1.46. The van der Waals surface area contributed by atoms with Crippen LogP contribution in [0.2, 0.25) is 0 Å². The molecule has 0 fully saturated rings. The van der Waals surface area contributed by atoms with E-state index < -0.39 is 0 Å². The van der Waals surface area contributed by atoms with Gasteiger partial charge < -0.3 is 10.5 Å². The number of rotatable bonds is 3. The van der Waals surface area contributed by atoms with E-state index in [9.17, 15) is 0 Å². The molecule has 0 aliphatic rings. The Labute approximate surface area is 117 Å². The van der Waals surface area contributed by atoms with Gasteiger partial charge in [-0.05, 0) is 18.4 Å². The van der Waals surface area contributed by atoms with Gasteiger partial charge in [-0.1, -0.05) is 54.9 Å². The van der Waals surface area contributed by atoms with Crippen LogP contribution in [0.1, 0.15) is 36.9 Å². The number of benzene rings is 1. The van der Waals surface area contributed by atoms with Crippen molar-refractivity contribution in [2.24, 2.45) is 5.73 Å². The third-order valence-corrected chi connectivity index (χ3v) is 3.59. The van der Waals surface area contributed by atoms with Gasteiger partial charge in [0.25, 0.3) is 5.19 Å². The van der Waals surface area contributed by atoms with E-state index in [1.165, 1.54) is 16.9 Å². The third-order valence-electron chi connectivity index (χ3n) is 2.76. The van der Waals surface area contributed by atoms with Gasteiger partial charge in [0.15, 0.2) is 0 Å². The lowest BCUT2D eigenvalue weighted by Crippen LogP contribution is -2.12. The number of nitrogens with two attached hydrogens (primary N) is 1. The van der Waals surface area contributed by atoms with Crippen molar-refractivity contribution in [3.63, 3.8) is 0 Å². The van der Waals surface area contributed by atoms with E-state index in [-0.39, 0.29) is 5.41 Å². The fraction of sp³-hybridized carbons (Fsp3) is 0.429. The molecule has 0 aliphatic heterocycles. The number of hydrogen-bond acceptors (Lipinski definition) is 5. The van der Waals surface area contributed by atoms with E-state index in [0.29, 0.717) is 11.7 Å². The highest BCUT2D eigenvalue weighted by atomic mass is 32.1. The Morgan fingerprint density at radius 1 is 1.26 bits per heavy atom. The summed E-state index contributed by atoms with van der Waals surface area (Å²) in [6.45, 7) is 8.97. The maximum Gasteiger partial charge on any atom is 0.299 e. The predicted octanol–water partition coefficient (Wildman–Crippen LogP) is 3.40. The van der Waals surface area contributed by atoms with Gasteiger partial charge in [-0.25, -0.2) is 0 Å². The molecule has 2 rings (SSSR count). The molecule has 1 aromatic heterocycles. The van der Waals surface area contributed by atoms with E-state index in [1.54, 1.807) is 0 Å². The van der Waals surface area contributed by atoms with E-state index in [2.05, 4.69) is 44.0 Å². The van der Waals surface area contributed by atoms with Gasteiger partial charge in [0.1, 0.15) is 10.8 Å². The van der Waals surface area contributed by atoms with Gasteiger partial charge in [0, 0.05) is 12.1 Å². The number of nitrogens with zero attached hydrogens (tertiary/aromatic N) is 2. The molecule has 0 spiro atoms. The Kier molecular flexibility index (Phi) is 3.87. The summed E-state index contributed by atoms with van der Waals surface area (Å²) < 4.78 is 5.86. The average molecular weight is 277 g/mol. The highest BCUT2D eigenvalue weighted by molar-refractivity contribution is 7.13. The summed E-state index contributed by atoms with van der Waals surface area (Å²) in [6, 6.07) is 6.18.